The molecule has 0 spiro atoms. The molecule has 3 nitrogen and oxygen atoms in total. The van der Waals surface area contributed by atoms with Crippen molar-refractivity contribution in [1.82, 2.24) is 9.96 Å². The van der Waals surface area contributed by atoms with Crippen molar-refractivity contribution >= 4 is 0 Å². The summed E-state index contributed by atoms with van der Waals surface area (Å²) < 4.78 is 13.8. The smallest absolute Gasteiger partial charge is 0.150 e. The third-order valence-electron chi connectivity index (χ3n) is 4.56. The third kappa shape index (κ3) is 3.95. The molecule has 0 unspecified atom stereocenters. The van der Waals surface area contributed by atoms with Gasteiger partial charge >= 0.3 is 0 Å². The number of piperidine rings is 1. The van der Waals surface area contributed by atoms with Crippen LogP contribution < -0.4 is 4.84 Å². The summed E-state index contributed by atoms with van der Waals surface area (Å²) in [4.78, 5) is 8.26. The van der Waals surface area contributed by atoms with E-state index in [1.54, 1.807) is 6.07 Å². The molecule has 2 heterocycles. The Morgan fingerprint density at radius 1 is 1.10 bits per heavy atom. The summed E-state index contributed by atoms with van der Waals surface area (Å²) in [7, 11) is 0. The zero-order chi connectivity index (χ0) is 14.7. The lowest BCUT2D eigenvalue weighted by Crippen LogP contribution is -2.33. The van der Waals surface area contributed by atoms with Gasteiger partial charge in [-0.25, -0.2) is 4.39 Å². The lowest BCUT2D eigenvalue weighted by atomic mass is 10.1. The number of rotatable bonds is 4. The lowest BCUT2D eigenvalue weighted by molar-refractivity contribution is -0.0722. The van der Waals surface area contributed by atoms with E-state index in [1.807, 2.05) is 11.1 Å². The van der Waals surface area contributed by atoms with Gasteiger partial charge in [0.2, 0.25) is 0 Å². The van der Waals surface area contributed by atoms with Crippen LogP contribution in [-0.2, 0) is 6.54 Å². The Labute approximate surface area is 126 Å². The summed E-state index contributed by atoms with van der Waals surface area (Å²) in [6.07, 6.45) is 6.07. The molecular weight excluding hydrogens is 267 g/mol. The highest BCUT2D eigenvalue weighted by Gasteiger charge is 2.20. The Hall–Kier alpha value is -1.13. The molecule has 116 valence electrons. The Morgan fingerprint density at radius 2 is 1.90 bits per heavy atom. The number of hydrogen-bond donors (Lipinski definition) is 0. The molecule has 1 aromatic rings. The molecule has 0 aromatic heterocycles. The van der Waals surface area contributed by atoms with Crippen LogP contribution in [-0.4, -0.2) is 35.6 Å². The lowest BCUT2D eigenvalue weighted by Gasteiger charge is -2.26. The molecule has 0 N–H and O–H groups in total. The zero-order valence-corrected chi connectivity index (χ0v) is 12.9. The second kappa shape index (κ2) is 6.75. The summed E-state index contributed by atoms with van der Waals surface area (Å²) in [6.45, 7) is 6.05. The highest BCUT2D eigenvalue weighted by atomic mass is 19.1. The van der Waals surface area contributed by atoms with Crippen LogP contribution in [0.3, 0.4) is 0 Å². The fraction of sp³-hybridized carbons (Fsp3) is 0.647. The van der Waals surface area contributed by atoms with E-state index in [-0.39, 0.29) is 5.82 Å². The minimum atomic E-state index is -0.202. The maximum atomic E-state index is 13.8. The monoisotopic (exact) mass is 292 g/mol. The van der Waals surface area contributed by atoms with Crippen LogP contribution in [0.2, 0.25) is 0 Å². The number of benzene rings is 1. The second-order valence-corrected chi connectivity index (χ2v) is 6.34. The average Bonchev–Trinajstić information content (AvgIpc) is 2.85. The SMILES string of the molecule is C[C@H]1CCCN1Cc1cc(F)cc(ON2CCCCC2)c1. The fourth-order valence-corrected chi connectivity index (χ4v) is 3.33. The molecule has 1 aromatic carbocycles. The van der Waals surface area contributed by atoms with Gasteiger partial charge in [-0.2, -0.15) is 0 Å². The summed E-state index contributed by atoms with van der Waals surface area (Å²) in [5, 5.41) is 1.96. The van der Waals surface area contributed by atoms with Crippen LogP contribution >= 0.6 is 0 Å². The quantitative estimate of drug-likeness (QED) is 0.843. The first-order chi connectivity index (χ1) is 10.2. The number of likely N-dealkylation sites (tertiary alicyclic amines) is 1. The standard InChI is InChI=1S/C17H25FN2O/c1-14-6-5-7-19(14)13-15-10-16(18)12-17(11-15)21-20-8-3-2-4-9-20/h10-12,14H,2-9,13H2,1H3/t14-/m0/s1. The normalized spacial score (nSPS) is 24.4. The molecule has 2 fully saturated rings. The van der Waals surface area contributed by atoms with Gasteiger partial charge in [0.1, 0.15) is 5.82 Å². The average molecular weight is 292 g/mol. The molecule has 2 aliphatic heterocycles. The first kappa shape index (κ1) is 14.8. The van der Waals surface area contributed by atoms with Crippen molar-refractivity contribution in [3.63, 3.8) is 0 Å². The van der Waals surface area contributed by atoms with Crippen molar-refractivity contribution in [3.05, 3.63) is 29.6 Å². The summed E-state index contributed by atoms with van der Waals surface area (Å²) in [5.41, 5.74) is 1.01. The maximum absolute atomic E-state index is 13.8. The van der Waals surface area contributed by atoms with Crippen LogP contribution in [0, 0.1) is 5.82 Å². The minimum absolute atomic E-state index is 0.202. The van der Waals surface area contributed by atoms with Crippen molar-refractivity contribution in [2.24, 2.45) is 0 Å². The molecule has 4 heteroatoms. The fourth-order valence-electron chi connectivity index (χ4n) is 3.33. The predicted octanol–water partition coefficient (Wildman–Crippen LogP) is 3.59. The van der Waals surface area contributed by atoms with E-state index in [2.05, 4.69) is 11.8 Å². The molecule has 2 saturated heterocycles. The number of halogens is 1. The Morgan fingerprint density at radius 3 is 2.62 bits per heavy atom. The molecule has 21 heavy (non-hydrogen) atoms. The molecule has 0 amide bonds. The van der Waals surface area contributed by atoms with Gasteiger partial charge in [0.25, 0.3) is 0 Å². The van der Waals surface area contributed by atoms with E-state index in [4.69, 9.17) is 4.84 Å². The molecule has 2 aliphatic rings. The predicted molar refractivity (Wildman–Crippen MR) is 81.6 cm³/mol. The third-order valence-corrected chi connectivity index (χ3v) is 4.56. The molecule has 0 radical (unpaired) electrons. The molecule has 0 saturated carbocycles. The van der Waals surface area contributed by atoms with Gasteiger partial charge in [0.05, 0.1) is 0 Å². The highest BCUT2D eigenvalue weighted by molar-refractivity contribution is 5.29. The molecule has 0 aliphatic carbocycles. The van der Waals surface area contributed by atoms with E-state index < -0.39 is 0 Å². The highest BCUT2D eigenvalue weighted by Crippen LogP contribution is 2.24. The number of hydroxylamine groups is 2. The maximum Gasteiger partial charge on any atom is 0.150 e. The van der Waals surface area contributed by atoms with Gasteiger partial charge in [-0.15, -0.1) is 5.06 Å². The van der Waals surface area contributed by atoms with Gasteiger partial charge in [-0.1, -0.05) is 6.42 Å². The molecule has 1 atom stereocenters. The van der Waals surface area contributed by atoms with Crippen molar-refractivity contribution < 1.29 is 9.23 Å². The largest absolute Gasteiger partial charge is 0.406 e. The van der Waals surface area contributed by atoms with Crippen LogP contribution in [0.15, 0.2) is 18.2 Å². The first-order valence-electron chi connectivity index (χ1n) is 8.17. The van der Waals surface area contributed by atoms with E-state index in [9.17, 15) is 4.39 Å². The summed E-state index contributed by atoms with van der Waals surface area (Å²) in [6, 6.07) is 5.71. The topological polar surface area (TPSA) is 15.7 Å². The van der Waals surface area contributed by atoms with Gasteiger partial charge < -0.3 is 4.84 Å². The molecular formula is C17H25FN2O. The minimum Gasteiger partial charge on any atom is -0.406 e. The zero-order valence-electron chi connectivity index (χ0n) is 12.9. The number of nitrogens with zero attached hydrogens (tertiary/aromatic N) is 2. The van der Waals surface area contributed by atoms with Crippen LogP contribution in [0.25, 0.3) is 0 Å². The van der Waals surface area contributed by atoms with Crippen LogP contribution in [0.5, 0.6) is 5.75 Å². The Kier molecular flexibility index (Phi) is 4.76. The second-order valence-electron chi connectivity index (χ2n) is 6.34. The van der Waals surface area contributed by atoms with Gasteiger partial charge in [-0.3, -0.25) is 4.90 Å². The van der Waals surface area contributed by atoms with E-state index in [1.165, 1.54) is 25.3 Å². The Bertz CT molecular complexity index is 474. The summed E-state index contributed by atoms with van der Waals surface area (Å²) >= 11 is 0. The van der Waals surface area contributed by atoms with Gasteiger partial charge in [0.15, 0.2) is 5.75 Å². The van der Waals surface area contributed by atoms with Crippen molar-refractivity contribution in [2.75, 3.05) is 19.6 Å². The van der Waals surface area contributed by atoms with E-state index >= 15 is 0 Å². The van der Waals surface area contributed by atoms with Crippen molar-refractivity contribution in [1.29, 1.82) is 0 Å². The van der Waals surface area contributed by atoms with E-state index in [0.717, 1.165) is 44.6 Å². The van der Waals surface area contributed by atoms with Crippen LogP contribution in [0.1, 0.15) is 44.6 Å². The van der Waals surface area contributed by atoms with Crippen molar-refractivity contribution in [2.45, 2.75) is 51.6 Å². The number of hydrogen-bond acceptors (Lipinski definition) is 3. The summed E-state index contributed by atoms with van der Waals surface area (Å²) in [5.74, 6) is 0.435. The van der Waals surface area contributed by atoms with Gasteiger partial charge in [-0.05, 0) is 56.8 Å². The first-order valence-corrected chi connectivity index (χ1v) is 8.17. The van der Waals surface area contributed by atoms with Crippen molar-refractivity contribution in [3.8, 4) is 5.75 Å². The molecule has 3 rings (SSSR count). The van der Waals surface area contributed by atoms with E-state index in [0.29, 0.717) is 11.8 Å². The van der Waals surface area contributed by atoms with Crippen LogP contribution in [0.4, 0.5) is 4.39 Å². The Balaban J connectivity index is 1.66. The van der Waals surface area contributed by atoms with Gasteiger partial charge in [0, 0.05) is 31.7 Å². The molecule has 0 bridgehead atoms.